The first-order chi connectivity index (χ1) is 10.9. The first-order valence-corrected chi connectivity index (χ1v) is 9.30. The fourth-order valence-electron chi connectivity index (χ4n) is 2.32. The van der Waals surface area contributed by atoms with Crippen molar-refractivity contribution in [3.63, 3.8) is 0 Å². The molecule has 2 unspecified atom stereocenters. The second kappa shape index (κ2) is 7.63. The van der Waals surface area contributed by atoms with Gasteiger partial charge in [0.2, 0.25) is 0 Å². The summed E-state index contributed by atoms with van der Waals surface area (Å²) in [6.07, 6.45) is 0.427. The van der Waals surface area contributed by atoms with Crippen molar-refractivity contribution >= 4 is 15.8 Å². The van der Waals surface area contributed by atoms with Gasteiger partial charge in [0.05, 0.1) is 18.1 Å². The highest BCUT2D eigenvalue weighted by Crippen LogP contribution is 2.13. The number of nitrogens with zero attached hydrogens (tertiary/aromatic N) is 1. The van der Waals surface area contributed by atoms with Gasteiger partial charge in [-0.1, -0.05) is 0 Å². The van der Waals surface area contributed by atoms with Gasteiger partial charge in [-0.25, -0.2) is 12.8 Å². The maximum atomic E-state index is 12.8. The van der Waals surface area contributed by atoms with Gasteiger partial charge in [0.15, 0.2) is 15.8 Å². The molecule has 1 aliphatic heterocycles. The van der Waals surface area contributed by atoms with Gasteiger partial charge < -0.3 is 15.4 Å². The van der Waals surface area contributed by atoms with Crippen molar-refractivity contribution in [2.75, 3.05) is 25.1 Å². The lowest BCUT2D eigenvalue weighted by Crippen LogP contribution is -2.46. The molecule has 1 fully saturated rings. The summed E-state index contributed by atoms with van der Waals surface area (Å²) in [6, 6.07) is 5.72. The molecule has 6 nitrogen and oxygen atoms in total. The molecule has 0 bridgehead atoms. The van der Waals surface area contributed by atoms with E-state index in [-0.39, 0.29) is 29.5 Å². The summed E-state index contributed by atoms with van der Waals surface area (Å²) < 4.78 is 41.4. The smallest absolute Gasteiger partial charge is 0.191 e. The van der Waals surface area contributed by atoms with Gasteiger partial charge in [-0.3, -0.25) is 4.99 Å². The Balaban J connectivity index is 1.77. The summed E-state index contributed by atoms with van der Waals surface area (Å²) >= 11 is 0. The maximum Gasteiger partial charge on any atom is 0.191 e. The summed E-state index contributed by atoms with van der Waals surface area (Å²) in [7, 11) is -1.30. The number of aliphatic imine (C=N–C) groups is 1. The van der Waals surface area contributed by atoms with Gasteiger partial charge in [0, 0.05) is 13.1 Å². The van der Waals surface area contributed by atoms with Crippen molar-refractivity contribution in [3.8, 4) is 5.75 Å². The zero-order chi connectivity index (χ0) is 16.9. The van der Waals surface area contributed by atoms with E-state index >= 15 is 0 Å². The summed E-state index contributed by atoms with van der Waals surface area (Å²) in [4.78, 5) is 4.08. The molecule has 1 aromatic rings. The van der Waals surface area contributed by atoms with Crippen LogP contribution in [-0.2, 0) is 9.84 Å². The molecule has 1 aliphatic rings. The van der Waals surface area contributed by atoms with Crippen LogP contribution in [0.15, 0.2) is 29.3 Å². The Morgan fingerprint density at radius 1 is 1.43 bits per heavy atom. The number of guanidine groups is 1. The highest BCUT2D eigenvalue weighted by Gasteiger charge is 2.28. The van der Waals surface area contributed by atoms with Gasteiger partial charge in [0.25, 0.3) is 0 Å². The van der Waals surface area contributed by atoms with E-state index < -0.39 is 9.84 Å². The molecule has 1 saturated heterocycles. The van der Waals surface area contributed by atoms with Crippen LogP contribution in [0.3, 0.4) is 0 Å². The van der Waals surface area contributed by atoms with E-state index in [0.29, 0.717) is 24.7 Å². The molecule has 0 spiro atoms. The second-order valence-electron chi connectivity index (χ2n) is 5.58. The van der Waals surface area contributed by atoms with Gasteiger partial charge in [-0.05, 0) is 37.6 Å². The molecule has 1 heterocycles. The van der Waals surface area contributed by atoms with Crippen LogP contribution in [0.1, 0.15) is 13.3 Å². The first kappa shape index (κ1) is 17.5. The topological polar surface area (TPSA) is 79.8 Å². The number of nitrogens with one attached hydrogen (secondary N) is 2. The molecular formula is C15H22FN3O3S. The van der Waals surface area contributed by atoms with E-state index in [1.165, 1.54) is 12.1 Å². The van der Waals surface area contributed by atoms with Crippen molar-refractivity contribution in [1.29, 1.82) is 0 Å². The van der Waals surface area contributed by atoms with E-state index in [9.17, 15) is 12.8 Å². The van der Waals surface area contributed by atoms with Crippen LogP contribution in [0.2, 0.25) is 0 Å². The normalized spacial score (nSPS) is 21.7. The average Bonchev–Trinajstić information content (AvgIpc) is 2.85. The fourth-order valence-corrected chi connectivity index (χ4v) is 4.00. The highest BCUT2D eigenvalue weighted by atomic mass is 32.2. The number of sulfone groups is 1. The molecule has 2 rings (SSSR count). The molecule has 23 heavy (non-hydrogen) atoms. The minimum absolute atomic E-state index is 0.112. The van der Waals surface area contributed by atoms with Crippen LogP contribution < -0.4 is 15.4 Å². The van der Waals surface area contributed by atoms with Crippen molar-refractivity contribution in [2.24, 2.45) is 4.99 Å². The minimum Gasteiger partial charge on any atom is -0.489 e. The van der Waals surface area contributed by atoms with Gasteiger partial charge in [-0.15, -0.1) is 0 Å². The van der Waals surface area contributed by atoms with E-state index in [1.807, 2.05) is 6.92 Å². The molecule has 1 aromatic carbocycles. The number of hydrogen-bond donors (Lipinski definition) is 2. The lowest BCUT2D eigenvalue weighted by molar-refractivity contribution is 0.223. The fraction of sp³-hybridized carbons (Fsp3) is 0.533. The molecule has 0 saturated carbocycles. The van der Waals surface area contributed by atoms with Crippen LogP contribution in [0.25, 0.3) is 0 Å². The summed E-state index contributed by atoms with van der Waals surface area (Å²) in [5, 5.41) is 6.20. The highest BCUT2D eigenvalue weighted by molar-refractivity contribution is 7.91. The molecule has 0 aromatic heterocycles. The molecule has 0 aliphatic carbocycles. The maximum absolute atomic E-state index is 12.8. The largest absolute Gasteiger partial charge is 0.489 e. The molecule has 128 valence electrons. The van der Waals surface area contributed by atoms with E-state index in [4.69, 9.17) is 4.74 Å². The van der Waals surface area contributed by atoms with Crippen LogP contribution in [-0.4, -0.2) is 51.6 Å². The Bertz CT molecular complexity index is 646. The Hall–Kier alpha value is -1.83. The van der Waals surface area contributed by atoms with Crippen molar-refractivity contribution in [1.82, 2.24) is 10.6 Å². The van der Waals surface area contributed by atoms with Crippen molar-refractivity contribution < 1.29 is 17.5 Å². The van der Waals surface area contributed by atoms with E-state index in [1.54, 1.807) is 19.2 Å². The lowest BCUT2D eigenvalue weighted by atomic mass is 10.3. The monoisotopic (exact) mass is 343 g/mol. The summed E-state index contributed by atoms with van der Waals surface area (Å²) in [6.45, 7) is 2.36. The van der Waals surface area contributed by atoms with Crippen LogP contribution in [0.4, 0.5) is 4.39 Å². The molecule has 2 atom stereocenters. The Labute approximate surface area is 136 Å². The Morgan fingerprint density at radius 3 is 2.70 bits per heavy atom. The molecule has 0 amide bonds. The van der Waals surface area contributed by atoms with Gasteiger partial charge >= 0.3 is 0 Å². The Kier molecular flexibility index (Phi) is 5.81. The Morgan fingerprint density at radius 2 is 2.13 bits per heavy atom. The van der Waals surface area contributed by atoms with Gasteiger partial charge in [-0.2, -0.15) is 0 Å². The second-order valence-corrected chi connectivity index (χ2v) is 7.81. The molecular weight excluding hydrogens is 321 g/mol. The number of rotatable bonds is 5. The van der Waals surface area contributed by atoms with E-state index in [0.717, 1.165) is 0 Å². The number of halogens is 1. The van der Waals surface area contributed by atoms with Crippen molar-refractivity contribution in [3.05, 3.63) is 30.1 Å². The predicted octanol–water partition coefficient (Wildman–Crippen LogP) is 0.945. The number of hydrogen-bond acceptors (Lipinski definition) is 4. The first-order valence-electron chi connectivity index (χ1n) is 7.48. The molecule has 0 radical (unpaired) electrons. The third-order valence-corrected chi connectivity index (χ3v) is 5.27. The van der Waals surface area contributed by atoms with Crippen molar-refractivity contribution in [2.45, 2.75) is 25.5 Å². The zero-order valence-corrected chi connectivity index (χ0v) is 14.1. The average molecular weight is 343 g/mol. The number of ether oxygens (including phenoxy) is 1. The standard InChI is InChI=1S/C15H22FN3O3S/c1-11(22-14-5-3-12(16)4-6-14)9-18-15(17-2)19-13-7-8-23(20,21)10-13/h3-6,11,13H,7-10H2,1-2H3,(H2,17,18,19). The quantitative estimate of drug-likeness (QED) is 0.615. The van der Waals surface area contributed by atoms with Crippen LogP contribution >= 0.6 is 0 Å². The minimum atomic E-state index is -2.93. The van der Waals surface area contributed by atoms with E-state index in [2.05, 4.69) is 15.6 Å². The summed E-state index contributed by atoms with van der Waals surface area (Å²) in [5.74, 6) is 1.17. The SMILES string of the molecule is CN=C(NCC(C)Oc1ccc(F)cc1)NC1CCS(=O)(=O)C1. The molecule has 8 heteroatoms. The summed E-state index contributed by atoms with van der Waals surface area (Å²) in [5.41, 5.74) is 0. The zero-order valence-electron chi connectivity index (χ0n) is 13.3. The molecule has 2 N–H and O–H groups in total. The van der Waals surface area contributed by atoms with Crippen LogP contribution in [0.5, 0.6) is 5.75 Å². The van der Waals surface area contributed by atoms with Gasteiger partial charge in [0.1, 0.15) is 17.7 Å². The van der Waals surface area contributed by atoms with Crippen LogP contribution in [0, 0.1) is 5.82 Å². The predicted molar refractivity (Wildman–Crippen MR) is 88.0 cm³/mol. The third kappa shape index (κ3) is 5.70. The number of benzene rings is 1. The third-order valence-electron chi connectivity index (χ3n) is 3.50. The lowest BCUT2D eigenvalue weighted by Gasteiger charge is -2.19.